The summed E-state index contributed by atoms with van der Waals surface area (Å²) in [5.41, 5.74) is 0. The molecule has 12 heteroatoms. The van der Waals surface area contributed by atoms with Crippen molar-refractivity contribution in [3.63, 3.8) is 0 Å². The van der Waals surface area contributed by atoms with Gasteiger partial charge in [0.2, 0.25) is 0 Å². The molecule has 2 rings (SSSR count). The molecule has 2 fully saturated rings. The molecule has 4 nitrogen and oxygen atoms in total. The minimum atomic E-state index is 0.936. The first kappa shape index (κ1) is 29.5. The van der Waals surface area contributed by atoms with Crippen LogP contribution in [0.1, 0.15) is 52.4 Å². The Balaban J connectivity index is 1.61. The fourth-order valence-corrected chi connectivity index (χ4v) is 8.54. The minimum absolute atomic E-state index is 0.936. The van der Waals surface area contributed by atoms with Gasteiger partial charge < -0.3 is 9.80 Å². The molecule has 0 bridgehead atoms. The summed E-state index contributed by atoms with van der Waals surface area (Å²) in [7, 11) is 3.26. The highest BCUT2D eigenvalue weighted by Crippen LogP contribution is 2.30. The predicted octanol–water partition coefficient (Wildman–Crippen LogP) is 6.50. The molecular weight excluding hydrogens is 553 g/mol. The van der Waals surface area contributed by atoms with E-state index in [1.807, 2.05) is 0 Å². The van der Waals surface area contributed by atoms with E-state index in [1.54, 1.807) is 45.5 Å². The van der Waals surface area contributed by atoms with Gasteiger partial charge in [0.1, 0.15) is 8.64 Å². The van der Waals surface area contributed by atoms with Gasteiger partial charge in [-0.1, -0.05) is 75.6 Å². The summed E-state index contributed by atoms with van der Waals surface area (Å²) < 4.78 is 8.85. The van der Waals surface area contributed by atoms with Crippen molar-refractivity contribution in [2.24, 2.45) is 0 Å². The Morgan fingerprint density at radius 3 is 1.25 bits per heavy atom. The lowest BCUT2D eigenvalue weighted by Crippen LogP contribution is -2.46. The van der Waals surface area contributed by atoms with Crippen molar-refractivity contribution in [1.29, 1.82) is 0 Å². The molecule has 0 spiro atoms. The van der Waals surface area contributed by atoms with Crippen molar-refractivity contribution < 1.29 is 0 Å². The average molecular weight is 587 g/mol. The number of nitrogens with zero attached hydrogens (tertiary/aromatic N) is 4. The van der Waals surface area contributed by atoms with Gasteiger partial charge in [-0.25, -0.2) is 8.61 Å². The van der Waals surface area contributed by atoms with Crippen molar-refractivity contribution in [2.75, 3.05) is 52.4 Å². The number of unbranched alkanes of at least 4 members (excludes halogenated alkanes) is 2. The second kappa shape index (κ2) is 16.9. The number of hydrogen-bond donors (Lipinski definition) is 0. The average Bonchev–Trinajstić information content (AvgIpc) is 2.80. The summed E-state index contributed by atoms with van der Waals surface area (Å²) in [5, 5.41) is 0. The zero-order valence-corrected chi connectivity index (χ0v) is 25.5. The first-order valence-electron chi connectivity index (χ1n) is 11.3. The van der Waals surface area contributed by atoms with E-state index in [9.17, 15) is 0 Å². The van der Waals surface area contributed by atoms with Gasteiger partial charge in [-0.3, -0.25) is 0 Å². The third kappa shape index (κ3) is 11.3. The van der Waals surface area contributed by atoms with Gasteiger partial charge in [0, 0.05) is 52.4 Å². The summed E-state index contributed by atoms with van der Waals surface area (Å²) in [6.07, 6.45) is 6.84. The maximum atomic E-state index is 5.69. The molecule has 0 aromatic heterocycles. The fourth-order valence-electron chi connectivity index (χ4n) is 3.12. The Kier molecular flexibility index (Phi) is 15.5. The SMILES string of the molecule is CCCCC(=S)SN1CCN(C(=S)SSC(=S)N2CCN(SC(=S)CCCC)CC2)CC1. The Bertz CT molecular complexity index is 577. The van der Waals surface area contributed by atoms with Crippen LogP contribution in [0.3, 0.4) is 0 Å². The van der Waals surface area contributed by atoms with Crippen LogP contribution >= 0.6 is 94.4 Å². The third-order valence-electron chi connectivity index (χ3n) is 5.11. The van der Waals surface area contributed by atoms with Crippen molar-refractivity contribution in [3.05, 3.63) is 0 Å². The van der Waals surface area contributed by atoms with Crippen LogP contribution in [0.2, 0.25) is 0 Å². The summed E-state index contributed by atoms with van der Waals surface area (Å²) in [5.74, 6) is 0. The Hall–Kier alpha value is 1.28. The molecular formula is C20H34N4S8. The second-order valence-corrected chi connectivity index (χ2v) is 14.9. The smallest absolute Gasteiger partial charge is 0.147 e. The minimum Gasteiger partial charge on any atom is -0.354 e. The maximum Gasteiger partial charge on any atom is 0.147 e. The second-order valence-electron chi connectivity index (χ2n) is 7.66. The van der Waals surface area contributed by atoms with Crippen LogP contribution in [0, 0.1) is 0 Å². The first-order chi connectivity index (χ1) is 15.4. The monoisotopic (exact) mass is 586 g/mol. The molecule has 2 heterocycles. The lowest BCUT2D eigenvalue weighted by molar-refractivity contribution is 0.290. The molecule has 0 unspecified atom stereocenters. The molecule has 182 valence electrons. The van der Waals surface area contributed by atoms with Gasteiger partial charge in [0.15, 0.2) is 0 Å². The van der Waals surface area contributed by atoms with E-state index in [4.69, 9.17) is 48.9 Å². The largest absolute Gasteiger partial charge is 0.354 e. The van der Waals surface area contributed by atoms with E-state index in [0.29, 0.717) is 0 Å². The molecule has 2 aliphatic rings. The third-order valence-corrected chi connectivity index (χ3v) is 11.8. The Labute approximate surface area is 232 Å². The molecule has 0 saturated carbocycles. The molecule has 0 aromatic rings. The van der Waals surface area contributed by atoms with Gasteiger partial charge in [0.25, 0.3) is 0 Å². The zero-order valence-electron chi connectivity index (χ0n) is 19.0. The molecule has 0 aromatic carbocycles. The number of hydrogen-bond acceptors (Lipinski definition) is 10. The van der Waals surface area contributed by atoms with Gasteiger partial charge in [0.05, 0.1) is 8.39 Å². The van der Waals surface area contributed by atoms with Crippen LogP contribution < -0.4 is 0 Å². The van der Waals surface area contributed by atoms with E-state index < -0.39 is 0 Å². The highest BCUT2D eigenvalue weighted by atomic mass is 33.1. The summed E-state index contributed by atoms with van der Waals surface area (Å²) in [6, 6.07) is 0. The lowest BCUT2D eigenvalue weighted by Gasteiger charge is -2.36. The quantitative estimate of drug-likeness (QED) is 0.175. The van der Waals surface area contributed by atoms with Gasteiger partial charge >= 0.3 is 0 Å². The van der Waals surface area contributed by atoms with Crippen molar-refractivity contribution in [2.45, 2.75) is 52.4 Å². The van der Waals surface area contributed by atoms with E-state index in [0.717, 1.165) is 82.2 Å². The Morgan fingerprint density at radius 1 is 0.594 bits per heavy atom. The van der Waals surface area contributed by atoms with E-state index in [1.165, 1.54) is 25.7 Å². The van der Waals surface area contributed by atoms with Crippen LogP contribution in [0.4, 0.5) is 0 Å². The lowest BCUT2D eigenvalue weighted by atomic mass is 10.3. The van der Waals surface area contributed by atoms with Gasteiger partial charge in [-0.05, 0) is 71.2 Å². The zero-order chi connectivity index (χ0) is 23.3. The topological polar surface area (TPSA) is 13.0 Å². The van der Waals surface area contributed by atoms with Crippen LogP contribution in [-0.2, 0) is 0 Å². The van der Waals surface area contributed by atoms with E-state index >= 15 is 0 Å². The van der Waals surface area contributed by atoms with Crippen LogP contribution in [0.5, 0.6) is 0 Å². The van der Waals surface area contributed by atoms with Crippen LogP contribution in [0.25, 0.3) is 0 Å². The number of thiocarbonyl (C=S) groups is 4. The van der Waals surface area contributed by atoms with Crippen LogP contribution in [-0.4, -0.2) is 87.8 Å². The van der Waals surface area contributed by atoms with Crippen molar-refractivity contribution in [1.82, 2.24) is 18.4 Å². The van der Waals surface area contributed by atoms with E-state index in [-0.39, 0.29) is 0 Å². The maximum absolute atomic E-state index is 5.69. The van der Waals surface area contributed by atoms with Crippen molar-refractivity contribution >= 4 is 111 Å². The molecule has 0 amide bonds. The first-order valence-corrected chi connectivity index (χ1v) is 16.6. The standard InChI is InChI=1S/C20H34N4S8/c1-3-5-7-17(25)29-23-13-9-21(10-14-23)19(27)31-32-20(28)22-11-15-24(16-12-22)30-18(26)8-6-4-2/h3-16H2,1-2H3. The molecule has 0 atom stereocenters. The number of rotatable bonds is 8. The molecule has 0 radical (unpaired) electrons. The van der Waals surface area contributed by atoms with Gasteiger partial charge in [-0.2, -0.15) is 0 Å². The summed E-state index contributed by atoms with van der Waals surface area (Å²) >= 11 is 25.9. The molecule has 0 N–H and O–H groups in total. The molecule has 0 aliphatic carbocycles. The van der Waals surface area contributed by atoms with Crippen LogP contribution in [0.15, 0.2) is 0 Å². The molecule has 2 aliphatic heterocycles. The summed E-state index contributed by atoms with van der Waals surface area (Å²) in [4.78, 5) is 4.60. The fraction of sp³-hybridized carbons (Fsp3) is 0.800. The number of piperazine rings is 2. The Morgan fingerprint density at radius 2 is 0.938 bits per heavy atom. The highest BCUT2D eigenvalue weighted by Gasteiger charge is 2.24. The molecule has 2 saturated heterocycles. The van der Waals surface area contributed by atoms with Gasteiger partial charge in [-0.15, -0.1) is 0 Å². The van der Waals surface area contributed by atoms with E-state index in [2.05, 4.69) is 32.3 Å². The highest BCUT2D eigenvalue weighted by molar-refractivity contribution is 8.89. The van der Waals surface area contributed by atoms with Crippen molar-refractivity contribution in [3.8, 4) is 0 Å². The summed E-state index contributed by atoms with van der Waals surface area (Å²) in [6.45, 7) is 12.2. The molecule has 32 heavy (non-hydrogen) atoms. The normalized spacial score (nSPS) is 18.1. The predicted molar refractivity (Wildman–Crippen MR) is 166 cm³/mol.